The third kappa shape index (κ3) is 5.03. The second-order valence-electron chi connectivity index (χ2n) is 3.60. The van der Waals surface area contributed by atoms with E-state index in [2.05, 4.69) is 6.92 Å². The van der Waals surface area contributed by atoms with Crippen LogP contribution in [-0.2, 0) is 0 Å². The third-order valence-electron chi connectivity index (χ3n) is 2.12. The highest BCUT2D eigenvalue weighted by Crippen LogP contribution is 2.17. The standard InChI is InChI=1S/C13H20O3/c1-2-10-15-12-5-7-13(8-6-12)16-11-4-3-9-14/h5-8,14H,2-4,9-11H2,1H3. The van der Waals surface area contributed by atoms with Crippen LogP contribution in [-0.4, -0.2) is 24.9 Å². The Morgan fingerprint density at radius 2 is 1.50 bits per heavy atom. The van der Waals surface area contributed by atoms with Crippen molar-refractivity contribution < 1.29 is 14.6 Å². The molecular weight excluding hydrogens is 204 g/mol. The van der Waals surface area contributed by atoms with E-state index in [4.69, 9.17) is 14.6 Å². The normalized spacial score (nSPS) is 10.1. The van der Waals surface area contributed by atoms with Crippen molar-refractivity contribution in [3.05, 3.63) is 24.3 Å². The number of ether oxygens (including phenoxy) is 2. The molecule has 0 unspecified atom stereocenters. The highest BCUT2D eigenvalue weighted by molar-refractivity contribution is 5.31. The van der Waals surface area contributed by atoms with Gasteiger partial charge in [-0.1, -0.05) is 6.92 Å². The predicted molar refractivity (Wildman–Crippen MR) is 64.0 cm³/mol. The van der Waals surface area contributed by atoms with Gasteiger partial charge in [0.2, 0.25) is 0 Å². The van der Waals surface area contributed by atoms with E-state index in [1.807, 2.05) is 24.3 Å². The molecule has 0 aliphatic carbocycles. The Morgan fingerprint density at radius 1 is 0.938 bits per heavy atom. The second-order valence-corrected chi connectivity index (χ2v) is 3.60. The minimum atomic E-state index is 0.229. The van der Waals surface area contributed by atoms with Crippen LogP contribution >= 0.6 is 0 Å². The molecule has 0 fully saturated rings. The molecule has 0 aliphatic heterocycles. The first-order valence-corrected chi connectivity index (χ1v) is 5.83. The lowest BCUT2D eigenvalue weighted by molar-refractivity contribution is 0.253. The van der Waals surface area contributed by atoms with Gasteiger partial charge in [0.05, 0.1) is 13.2 Å². The molecule has 0 aliphatic rings. The fourth-order valence-corrected chi connectivity index (χ4v) is 1.26. The number of aliphatic hydroxyl groups is 1. The molecule has 0 amide bonds. The average Bonchev–Trinajstić information content (AvgIpc) is 2.33. The molecule has 0 spiro atoms. The molecule has 0 bridgehead atoms. The van der Waals surface area contributed by atoms with Gasteiger partial charge in [-0.25, -0.2) is 0 Å². The van der Waals surface area contributed by atoms with E-state index in [1.165, 1.54) is 0 Å². The topological polar surface area (TPSA) is 38.7 Å². The van der Waals surface area contributed by atoms with Crippen molar-refractivity contribution in [1.82, 2.24) is 0 Å². The molecule has 90 valence electrons. The van der Waals surface area contributed by atoms with Crippen LogP contribution in [0.2, 0.25) is 0 Å². The van der Waals surface area contributed by atoms with Crippen molar-refractivity contribution in [3.8, 4) is 11.5 Å². The van der Waals surface area contributed by atoms with Crippen LogP contribution in [0.4, 0.5) is 0 Å². The average molecular weight is 224 g/mol. The van der Waals surface area contributed by atoms with Crippen LogP contribution in [0.3, 0.4) is 0 Å². The zero-order valence-corrected chi connectivity index (χ0v) is 9.82. The van der Waals surface area contributed by atoms with Crippen LogP contribution in [0.25, 0.3) is 0 Å². The molecule has 1 N–H and O–H groups in total. The molecule has 3 heteroatoms. The number of unbranched alkanes of at least 4 members (excludes halogenated alkanes) is 1. The predicted octanol–water partition coefficient (Wildman–Crippen LogP) is 2.63. The molecular formula is C13H20O3. The molecule has 0 atom stereocenters. The molecule has 1 rings (SSSR count). The van der Waals surface area contributed by atoms with Gasteiger partial charge in [-0.3, -0.25) is 0 Å². The molecule has 0 saturated carbocycles. The van der Waals surface area contributed by atoms with Crippen LogP contribution in [0.5, 0.6) is 11.5 Å². The number of hydrogen-bond donors (Lipinski definition) is 1. The maximum atomic E-state index is 8.61. The summed E-state index contributed by atoms with van der Waals surface area (Å²) in [5.41, 5.74) is 0. The number of hydrogen-bond acceptors (Lipinski definition) is 3. The minimum Gasteiger partial charge on any atom is -0.494 e. The molecule has 0 radical (unpaired) electrons. The van der Waals surface area contributed by atoms with Crippen molar-refractivity contribution in [3.63, 3.8) is 0 Å². The van der Waals surface area contributed by atoms with Gasteiger partial charge in [-0.2, -0.15) is 0 Å². The van der Waals surface area contributed by atoms with Gasteiger partial charge >= 0.3 is 0 Å². The van der Waals surface area contributed by atoms with E-state index in [0.29, 0.717) is 6.61 Å². The Hall–Kier alpha value is -1.22. The third-order valence-corrected chi connectivity index (χ3v) is 2.12. The van der Waals surface area contributed by atoms with Crippen molar-refractivity contribution in [1.29, 1.82) is 0 Å². The van der Waals surface area contributed by atoms with E-state index in [-0.39, 0.29) is 6.61 Å². The summed E-state index contributed by atoms with van der Waals surface area (Å²) in [6, 6.07) is 7.64. The Balaban J connectivity index is 2.27. The van der Waals surface area contributed by atoms with E-state index >= 15 is 0 Å². The molecule has 3 nitrogen and oxygen atoms in total. The Kier molecular flexibility index (Phi) is 6.42. The number of rotatable bonds is 8. The van der Waals surface area contributed by atoms with E-state index < -0.39 is 0 Å². The maximum absolute atomic E-state index is 8.61. The van der Waals surface area contributed by atoms with Crippen molar-refractivity contribution in [2.45, 2.75) is 26.2 Å². The molecule has 0 aromatic heterocycles. The lowest BCUT2D eigenvalue weighted by atomic mass is 10.3. The smallest absolute Gasteiger partial charge is 0.119 e. The molecule has 1 aromatic rings. The summed E-state index contributed by atoms with van der Waals surface area (Å²) >= 11 is 0. The Labute approximate surface area is 97.0 Å². The van der Waals surface area contributed by atoms with Crippen molar-refractivity contribution in [2.75, 3.05) is 19.8 Å². The molecule has 1 aromatic carbocycles. The number of aliphatic hydroxyl groups excluding tert-OH is 1. The molecule has 0 saturated heterocycles. The summed E-state index contributed by atoms with van der Waals surface area (Å²) in [6.45, 7) is 3.71. The summed E-state index contributed by atoms with van der Waals surface area (Å²) in [5.74, 6) is 1.73. The zero-order valence-electron chi connectivity index (χ0n) is 9.82. The quantitative estimate of drug-likeness (QED) is 0.690. The van der Waals surface area contributed by atoms with Crippen LogP contribution in [0.1, 0.15) is 26.2 Å². The zero-order chi connectivity index (χ0) is 11.6. The van der Waals surface area contributed by atoms with Gasteiger partial charge in [-0.05, 0) is 43.5 Å². The van der Waals surface area contributed by atoms with E-state index in [9.17, 15) is 0 Å². The Bertz CT molecular complexity index is 269. The van der Waals surface area contributed by atoms with Crippen molar-refractivity contribution >= 4 is 0 Å². The summed E-state index contributed by atoms with van der Waals surface area (Å²) in [6.07, 6.45) is 2.68. The van der Waals surface area contributed by atoms with Gasteiger partial charge < -0.3 is 14.6 Å². The summed E-state index contributed by atoms with van der Waals surface area (Å²) in [4.78, 5) is 0. The van der Waals surface area contributed by atoms with Crippen LogP contribution in [0, 0.1) is 0 Å². The van der Waals surface area contributed by atoms with Crippen LogP contribution < -0.4 is 9.47 Å². The van der Waals surface area contributed by atoms with Gasteiger partial charge in [-0.15, -0.1) is 0 Å². The fraction of sp³-hybridized carbons (Fsp3) is 0.538. The first kappa shape index (κ1) is 12.8. The van der Waals surface area contributed by atoms with Gasteiger partial charge in [0, 0.05) is 6.61 Å². The summed E-state index contributed by atoms with van der Waals surface area (Å²) < 4.78 is 11.0. The maximum Gasteiger partial charge on any atom is 0.119 e. The van der Waals surface area contributed by atoms with Crippen LogP contribution in [0.15, 0.2) is 24.3 Å². The largest absolute Gasteiger partial charge is 0.494 e. The van der Waals surface area contributed by atoms with Gasteiger partial charge in [0.1, 0.15) is 11.5 Å². The van der Waals surface area contributed by atoms with Gasteiger partial charge in [0.25, 0.3) is 0 Å². The SMILES string of the molecule is CCCOc1ccc(OCCCCO)cc1. The monoisotopic (exact) mass is 224 g/mol. The summed E-state index contributed by atoms with van der Waals surface area (Å²) in [7, 11) is 0. The van der Waals surface area contributed by atoms with Gasteiger partial charge in [0.15, 0.2) is 0 Å². The lowest BCUT2D eigenvalue weighted by Gasteiger charge is -2.07. The summed E-state index contributed by atoms with van der Waals surface area (Å²) in [5, 5.41) is 8.61. The molecule has 0 heterocycles. The Morgan fingerprint density at radius 3 is 2.00 bits per heavy atom. The van der Waals surface area contributed by atoms with Crippen molar-refractivity contribution in [2.24, 2.45) is 0 Å². The minimum absolute atomic E-state index is 0.229. The first-order chi connectivity index (χ1) is 7.86. The molecule has 16 heavy (non-hydrogen) atoms. The highest BCUT2D eigenvalue weighted by atomic mass is 16.5. The van der Waals surface area contributed by atoms with E-state index in [1.54, 1.807) is 0 Å². The fourth-order valence-electron chi connectivity index (χ4n) is 1.26. The van der Waals surface area contributed by atoms with E-state index in [0.717, 1.165) is 37.4 Å². The lowest BCUT2D eigenvalue weighted by Crippen LogP contribution is -1.99. The first-order valence-electron chi connectivity index (χ1n) is 5.83. The number of benzene rings is 1. The second kappa shape index (κ2) is 7.99. The highest BCUT2D eigenvalue weighted by Gasteiger charge is 1.96.